The highest BCUT2D eigenvalue weighted by molar-refractivity contribution is 5.10. The van der Waals surface area contributed by atoms with E-state index in [0.29, 0.717) is 12.6 Å². The van der Waals surface area contributed by atoms with E-state index in [9.17, 15) is 5.26 Å². The fraction of sp³-hybridized carbons (Fsp3) is 0.933. The Balaban J connectivity index is 1.83. The Bertz CT molecular complexity index is 321. The van der Waals surface area contributed by atoms with E-state index >= 15 is 0 Å². The molecule has 0 radical (unpaired) electrons. The Labute approximate surface area is 116 Å². The van der Waals surface area contributed by atoms with Gasteiger partial charge in [-0.15, -0.1) is 0 Å². The van der Waals surface area contributed by atoms with Crippen molar-refractivity contribution in [2.45, 2.75) is 76.2 Å². The summed E-state index contributed by atoms with van der Waals surface area (Å²) in [6.07, 6.45) is 6.59. The van der Waals surface area contributed by atoms with E-state index in [4.69, 9.17) is 9.47 Å². The van der Waals surface area contributed by atoms with E-state index in [1.54, 1.807) is 0 Å². The summed E-state index contributed by atoms with van der Waals surface area (Å²) in [5.41, 5.74) is -0.395. The zero-order chi connectivity index (χ0) is 13.7. The third kappa shape index (κ3) is 4.17. The molecule has 1 aliphatic carbocycles. The number of nitrogens with one attached hydrogen (secondary N) is 1. The van der Waals surface area contributed by atoms with Gasteiger partial charge in [0.2, 0.25) is 0 Å². The van der Waals surface area contributed by atoms with Crippen LogP contribution in [0, 0.1) is 11.3 Å². The minimum absolute atomic E-state index is 0.198. The number of ether oxygens (including phenoxy) is 2. The zero-order valence-electron chi connectivity index (χ0n) is 12.2. The molecule has 0 amide bonds. The van der Waals surface area contributed by atoms with E-state index < -0.39 is 5.54 Å². The number of nitriles is 1. The van der Waals surface area contributed by atoms with E-state index in [0.717, 1.165) is 45.1 Å². The smallest absolute Gasteiger partial charge is 0.109 e. The Morgan fingerprint density at radius 2 is 2.26 bits per heavy atom. The molecule has 4 nitrogen and oxygen atoms in total. The number of hydrogen-bond donors (Lipinski definition) is 1. The molecule has 0 bridgehead atoms. The fourth-order valence-corrected chi connectivity index (χ4v) is 3.20. The minimum Gasteiger partial charge on any atom is -0.376 e. The van der Waals surface area contributed by atoms with Crippen molar-refractivity contribution in [1.29, 1.82) is 5.26 Å². The molecule has 0 aromatic carbocycles. The first-order chi connectivity index (χ1) is 9.13. The Morgan fingerprint density at radius 1 is 1.42 bits per heavy atom. The molecule has 0 aromatic rings. The van der Waals surface area contributed by atoms with Crippen LogP contribution in [0.15, 0.2) is 0 Å². The van der Waals surface area contributed by atoms with Crippen molar-refractivity contribution < 1.29 is 9.47 Å². The van der Waals surface area contributed by atoms with Gasteiger partial charge in [0, 0.05) is 19.1 Å². The lowest BCUT2D eigenvalue weighted by Crippen LogP contribution is -2.52. The van der Waals surface area contributed by atoms with Gasteiger partial charge in [0.25, 0.3) is 0 Å². The van der Waals surface area contributed by atoms with Gasteiger partial charge in [-0.05, 0) is 46.0 Å². The van der Waals surface area contributed by atoms with Gasteiger partial charge in [0.15, 0.2) is 0 Å². The maximum atomic E-state index is 9.50. The van der Waals surface area contributed by atoms with E-state index in [-0.39, 0.29) is 12.2 Å². The minimum atomic E-state index is -0.395. The lowest BCUT2D eigenvalue weighted by atomic mass is 9.80. The molecular formula is C15H26N2O2. The zero-order valence-corrected chi connectivity index (χ0v) is 12.2. The maximum absolute atomic E-state index is 9.50. The third-order valence-corrected chi connectivity index (χ3v) is 4.03. The van der Waals surface area contributed by atoms with Gasteiger partial charge in [-0.2, -0.15) is 5.26 Å². The second kappa shape index (κ2) is 6.69. The third-order valence-electron chi connectivity index (χ3n) is 4.03. The second-order valence-electron chi connectivity index (χ2n) is 6.18. The predicted molar refractivity (Wildman–Crippen MR) is 73.8 cm³/mol. The van der Waals surface area contributed by atoms with Gasteiger partial charge in [-0.1, -0.05) is 0 Å². The van der Waals surface area contributed by atoms with Crippen LogP contribution in [0.4, 0.5) is 0 Å². The molecule has 1 saturated heterocycles. The van der Waals surface area contributed by atoms with Crippen LogP contribution in [0.1, 0.15) is 52.4 Å². The summed E-state index contributed by atoms with van der Waals surface area (Å²) >= 11 is 0. The van der Waals surface area contributed by atoms with Crippen molar-refractivity contribution in [1.82, 2.24) is 5.32 Å². The highest BCUT2D eigenvalue weighted by Crippen LogP contribution is 2.30. The lowest BCUT2D eigenvalue weighted by molar-refractivity contribution is -0.0426. The summed E-state index contributed by atoms with van der Waals surface area (Å²) < 4.78 is 11.6. The number of nitrogens with zero attached hydrogens (tertiary/aromatic N) is 1. The number of rotatable bonds is 5. The molecule has 0 spiro atoms. The van der Waals surface area contributed by atoms with Crippen LogP contribution in [0.2, 0.25) is 0 Å². The Hall–Kier alpha value is -0.630. The molecule has 1 heterocycles. The van der Waals surface area contributed by atoms with E-state index in [1.165, 1.54) is 0 Å². The maximum Gasteiger partial charge on any atom is 0.109 e. The summed E-state index contributed by atoms with van der Waals surface area (Å²) in [7, 11) is 0. The van der Waals surface area contributed by atoms with Crippen molar-refractivity contribution in [3.05, 3.63) is 0 Å². The highest BCUT2D eigenvalue weighted by Gasteiger charge is 2.37. The number of hydrogen-bond acceptors (Lipinski definition) is 4. The van der Waals surface area contributed by atoms with Crippen molar-refractivity contribution in [2.75, 3.05) is 13.2 Å². The van der Waals surface area contributed by atoms with Crippen molar-refractivity contribution in [3.63, 3.8) is 0 Å². The predicted octanol–water partition coefficient (Wildman–Crippen LogP) is 2.38. The molecule has 3 atom stereocenters. The van der Waals surface area contributed by atoms with Crippen LogP contribution in [-0.2, 0) is 9.47 Å². The van der Waals surface area contributed by atoms with E-state index in [2.05, 4.69) is 25.2 Å². The topological polar surface area (TPSA) is 54.3 Å². The molecule has 2 rings (SSSR count). The van der Waals surface area contributed by atoms with Gasteiger partial charge in [-0.3, -0.25) is 5.32 Å². The molecule has 4 heteroatoms. The SMILES string of the molecule is CC(C)NC1(C#N)CCCC(OCC2CCCO2)C1. The second-order valence-corrected chi connectivity index (χ2v) is 6.18. The molecule has 19 heavy (non-hydrogen) atoms. The Kier molecular flexibility index (Phi) is 5.20. The standard InChI is InChI=1S/C15H26N2O2/c1-12(2)17-15(11-16)7-3-5-13(9-15)19-10-14-6-4-8-18-14/h12-14,17H,3-10H2,1-2H3. The van der Waals surface area contributed by atoms with Crippen molar-refractivity contribution in [3.8, 4) is 6.07 Å². The van der Waals surface area contributed by atoms with Gasteiger partial charge in [0.05, 0.1) is 24.9 Å². The molecule has 1 N–H and O–H groups in total. The summed E-state index contributed by atoms with van der Waals surface area (Å²) in [4.78, 5) is 0. The van der Waals surface area contributed by atoms with Gasteiger partial charge in [0.1, 0.15) is 5.54 Å². The molecule has 3 unspecified atom stereocenters. The quantitative estimate of drug-likeness (QED) is 0.830. The van der Waals surface area contributed by atoms with Gasteiger partial charge < -0.3 is 9.47 Å². The van der Waals surface area contributed by atoms with Crippen LogP contribution in [-0.4, -0.2) is 37.0 Å². The molecule has 0 aromatic heterocycles. The lowest BCUT2D eigenvalue weighted by Gasteiger charge is -2.38. The van der Waals surface area contributed by atoms with Crippen LogP contribution in [0.25, 0.3) is 0 Å². The first-order valence-corrected chi connectivity index (χ1v) is 7.56. The Morgan fingerprint density at radius 3 is 2.89 bits per heavy atom. The largest absolute Gasteiger partial charge is 0.376 e. The molecule has 1 saturated carbocycles. The summed E-state index contributed by atoms with van der Waals surface area (Å²) in [5.74, 6) is 0. The molecular weight excluding hydrogens is 240 g/mol. The van der Waals surface area contributed by atoms with Crippen molar-refractivity contribution >= 4 is 0 Å². The molecule has 2 fully saturated rings. The van der Waals surface area contributed by atoms with Crippen LogP contribution >= 0.6 is 0 Å². The summed E-state index contributed by atoms with van der Waals surface area (Å²) in [5, 5.41) is 12.9. The van der Waals surface area contributed by atoms with Crippen LogP contribution in [0.3, 0.4) is 0 Å². The van der Waals surface area contributed by atoms with Crippen molar-refractivity contribution in [2.24, 2.45) is 0 Å². The average Bonchev–Trinajstić information content (AvgIpc) is 2.89. The molecule has 108 valence electrons. The van der Waals surface area contributed by atoms with E-state index in [1.807, 2.05) is 0 Å². The van der Waals surface area contributed by atoms with Crippen LogP contribution < -0.4 is 5.32 Å². The molecule has 2 aliphatic rings. The first-order valence-electron chi connectivity index (χ1n) is 7.56. The van der Waals surface area contributed by atoms with Gasteiger partial charge >= 0.3 is 0 Å². The first kappa shape index (κ1) is 14.8. The van der Waals surface area contributed by atoms with Crippen LogP contribution in [0.5, 0.6) is 0 Å². The monoisotopic (exact) mass is 266 g/mol. The van der Waals surface area contributed by atoms with Gasteiger partial charge in [-0.25, -0.2) is 0 Å². The molecule has 1 aliphatic heterocycles. The average molecular weight is 266 g/mol. The normalized spacial score (nSPS) is 35.5. The highest BCUT2D eigenvalue weighted by atomic mass is 16.5. The summed E-state index contributed by atoms with van der Waals surface area (Å²) in [6.45, 7) is 5.75. The summed E-state index contributed by atoms with van der Waals surface area (Å²) in [6, 6.07) is 2.81. The fourth-order valence-electron chi connectivity index (χ4n) is 3.20.